The number of H-pyrrole nitrogens is 1. The molecule has 25 atom stereocenters. The summed E-state index contributed by atoms with van der Waals surface area (Å²) >= 11 is 1.88. The van der Waals surface area contributed by atoms with Gasteiger partial charge in [0.25, 0.3) is 11.8 Å². The topological polar surface area (TPSA) is 758 Å². The van der Waals surface area contributed by atoms with E-state index in [1.54, 1.807) is 0 Å². The Labute approximate surface area is 603 Å². The number of ether oxygens (including phenoxy) is 7. The maximum atomic E-state index is 15.3. The van der Waals surface area contributed by atoms with Gasteiger partial charge in [-0.05, 0) is 40.7 Å². The normalized spacial score (nSPS) is 27.7. The Morgan fingerprint density at radius 3 is 2.05 bits per heavy atom. The summed E-state index contributed by atoms with van der Waals surface area (Å²) < 4.78 is 40.3. The number of thiazole rings is 2. The number of anilines is 1. The van der Waals surface area contributed by atoms with E-state index in [1.807, 2.05) is 0 Å². The molecule has 47 heteroatoms. The molecular formula is C58H89N19O26S2. The van der Waals surface area contributed by atoms with Crippen molar-refractivity contribution in [3.63, 3.8) is 0 Å². The minimum absolute atomic E-state index is 0.0554. The van der Waals surface area contributed by atoms with Gasteiger partial charge in [-0.1, -0.05) is 0 Å². The van der Waals surface area contributed by atoms with Crippen molar-refractivity contribution in [1.82, 2.24) is 61.8 Å². The summed E-state index contributed by atoms with van der Waals surface area (Å²) in [7, 11) is 0. The number of aromatic nitrogens is 6. The van der Waals surface area contributed by atoms with Crippen LogP contribution in [-0.4, -0.2) is 301 Å². The van der Waals surface area contributed by atoms with E-state index in [2.05, 4.69) is 61.8 Å². The number of nitrogen functional groups attached to an aromatic ring is 1. The number of carbonyl (C=O) groups excluding carboxylic acids is 8. The molecule has 0 aromatic carbocycles. The molecule has 584 valence electrons. The van der Waals surface area contributed by atoms with Crippen molar-refractivity contribution in [1.29, 1.82) is 0 Å². The molecule has 7 rings (SSSR count). The fraction of sp³-hybridized carbons (Fsp3) is 0.638. The zero-order valence-corrected chi connectivity index (χ0v) is 58.2. The second kappa shape index (κ2) is 38.0. The van der Waals surface area contributed by atoms with Gasteiger partial charge >= 0.3 is 6.09 Å². The van der Waals surface area contributed by atoms with Crippen LogP contribution in [0, 0.1) is 6.92 Å². The number of aliphatic hydroxyl groups excluding tert-OH is 11. The minimum atomic E-state index is -2.26. The van der Waals surface area contributed by atoms with Crippen molar-refractivity contribution in [3.8, 4) is 10.7 Å². The predicted molar refractivity (Wildman–Crippen MR) is 355 cm³/mol. The molecule has 7 heterocycles. The maximum absolute atomic E-state index is 15.3. The largest absolute Gasteiger partial charge is 0.441 e. The molecule has 4 aromatic heterocycles. The molecule has 3 saturated heterocycles. The molecular weight excluding hydrogens is 1440 g/mol. The van der Waals surface area contributed by atoms with Crippen LogP contribution in [0.3, 0.4) is 0 Å². The lowest BCUT2D eigenvalue weighted by Gasteiger charge is -2.47. The fourth-order valence-electron chi connectivity index (χ4n) is 10.7. The third-order valence-corrected chi connectivity index (χ3v) is 18.6. The minimum Gasteiger partial charge on any atom is -0.441 e. The van der Waals surface area contributed by atoms with Crippen LogP contribution < -0.4 is 72.0 Å². The average molecular weight is 1530 g/mol. The van der Waals surface area contributed by atoms with Crippen LogP contribution in [0.2, 0.25) is 0 Å². The third-order valence-electron chi connectivity index (χ3n) is 16.8. The molecule has 3 aliphatic heterocycles. The molecule has 4 aromatic rings. The number of primary amides is 3. The number of nitrogens with zero attached hydrogens (tertiary/aromatic N) is 5. The molecule has 8 amide bonds. The lowest BCUT2D eigenvalue weighted by atomic mass is 9.97. The summed E-state index contributed by atoms with van der Waals surface area (Å²) in [5.74, 6) is -8.33. The number of hydrogen-bond donors (Lipinski definition) is 25. The molecule has 0 aliphatic carbocycles. The number of imidazole rings is 1. The number of aromatic amines is 1. The van der Waals surface area contributed by atoms with E-state index in [-0.39, 0.29) is 39.2 Å². The summed E-state index contributed by atoms with van der Waals surface area (Å²) in [6, 6.07) is -9.66. The molecule has 0 bridgehead atoms. The smallest absolute Gasteiger partial charge is 0.404 e. The number of aliphatic hydroxyl groups is 11. The second-order valence-corrected chi connectivity index (χ2v) is 26.4. The molecule has 3 fully saturated rings. The Balaban J connectivity index is 1.18. The predicted octanol–water partition coefficient (Wildman–Crippen LogP) is -11.2. The summed E-state index contributed by atoms with van der Waals surface area (Å²) in [6.45, 7) is 3.08. The van der Waals surface area contributed by atoms with E-state index in [0.29, 0.717) is 13.0 Å². The van der Waals surface area contributed by atoms with Gasteiger partial charge in [-0.15, -0.1) is 22.7 Å². The van der Waals surface area contributed by atoms with Crippen LogP contribution in [0.5, 0.6) is 0 Å². The highest BCUT2D eigenvalue weighted by molar-refractivity contribution is 7.14. The van der Waals surface area contributed by atoms with Gasteiger partial charge in [0, 0.05) is 35.8 Å². The first kappa shape index (κ1) is 84.3. The van der Waals surface area contributed by atoms with Gasteiger partial charge in [0.05, 0.1) is 80.3 Å². The van der Waals surface area contributed by atoms with Crippen LogP contribution >= 0.6 is 22.7 Å². The van der Waals surface area contributed by atoms with E-state index in [4.69, 9.17) is 73.3 Å². The number of carbonyl (C=O) groups is 8. The fourth-order valence-corrected chi connectivity index (χ4v) is 12.4. The van der Waals surface area contributed by atoms with Gasteiger partial charge in [-0.25, -0.2) is 29.7 Å². The Kier molecular flexibility index (Phi) is 30.6. The molecule has 45 nitrogen and oxygen atoms in total. The monoisotopic (exact) mass is 1530 g/mol. The van der Waals surface area contributed by atoms with Gasteiger partial charge in [0.1, 0.15) is 112 Å². The SMILES string of the molecule is Cc1c(N)nc([C@H](CC(N)=O)NC[C@H](N)C(N)=O)nc1C(=O)N[C@H](C(=O)N[C@H](C)[C@@H](O)CC(=O)N[C@H](C(=O)NC(OC1OC(C)C(N)C(O)C1O)C(O)c1nc(-c2nc(C(=O)NCCCN)cs2)cs1)[C@@H](C)O)[C@@H](OC1OC(CO)C(O)C(O)C1OC1OC(CO)C(O)C(OC(N)=O)C1O)c1cnc[nH]1. The number of nitrogens with two attached hydrogens (primary N) is 7. The zero-order chi connectivity index (χ0) is 77.6. The molecule has 105 heavy (non-hydrogen) atoms. The van der Waals surface area contributed by atoms with Gasteiger partial charge in [0.2, 0.25) is 29.5 Å². The number of hydrogen-bond acceptors (Lipinski definition) is 38. The Bertz CT molecular complexity index is 3590. The standard InChI is InChI=1S/C58H89N19O26S2/c1-17-32(74-47(76-45(17)63)22(8-29(61)82)68-10-21(60)46(64)91)49(93)75-34(42(23-11-66-16-69-23)100-57-44(38(87)35(84)27(12-78)99-57)101-56-40(89)43(102-58(65)96)36(85)28(13-79)98-56)51(95)70-18(2)26(81)9-30(83)73-33(19(3)80)50(94)77-52(103-55-39(88)37(86)31(62)20(4)97-55)41(90)54-72-25(15-105-54)53-71-24(14-104-53)48(92)67-7-5-6-59/h11,14-16,18-22,26-28,31,33-44,52,55-57,68,78-81,84-90H,5-10,12-13,59-60,62H2,1-4H3,(H2,61,82)(H2,64,91)(H2,65,96)(H,66,69)(H,67,92)(H,70,95)(H,73,83)(H,75,93)(H,77,94)(H2,63,74,76)/t18-,19-,20?,21+,22+,26+,27?,28?,31?,33+,34+,35?,36?,37?,38?,39?,40?,41?,42+,43?,44?,52?,55?,56?,57?/m1/s1. The average Bonchev–Trinajstić information content (AvgIpc) is 1.61. The number of amides is 8. The van der Waals surface area contributed by atoms with E-state index in [0.717, 1.165) is 49.0 Å². The van der Waals surface area contributed by atoms with E-state index in [1.165, 1.54) is 24.6 Å². The maximum Gasteiger partial charge on any atom is 0.404 e. The molecule has 0 radical (unpaired) electrons. The third kappa shape index (κ3) is 21.5. The highest BCUT2D eigenvalue weighted by atomic mass is 32.1. The van der Waals surface area contributed by atoms with Crippen molar-refractivity contribution in [2.45, 2.75) is 200 Å². The first-order valence-electron chi connectivity index (χ1n) is 32.4. The Morgan fingerprint density at radius 1 is 0.743 bits per heavy atom. The van der Waals surface area contributed by atoms with Crippen molar-refractivity contribution in [3.05, 3.63) is 56.8 Å². The summed E-state index contributed by atoms with van der Waals surface area (Å²) in [4.78, 5) is 131. The van der Waals surface area contributed by atoms with E-state index < -0.39 is 250 Å². The number of nitrogens with one attached hydrogen (secondary N) is 7. The first-order valence-corrected chi connectivity index (χ1v) is 34.1. The summed E-state index contributed by atoms with van der Waals surface area (Å²) in [5, 5.41) is 140. The molecule has 32 N–H and O–H groups in total. The first-order chi connectivity index (χ1) is 49.6. The van der Waals surface area contributed by atoms with E-state index >= 15 is 4.79 Å². The van der Waals surface area contributed by atoms with Crippen molar-refractivity contribution >= 4 is 75.9 Å². The van der Waals surface area contributed by atoms with Gasteiger partial charge < -0.3 is 166 Å². The van der Waals surface area contributed by atoms with Crippen LogP contribution in [-0.2, 0) is 57.1 Å². The van der Waals surface area contributed by atoms with Crippen LogP contribution in [0.15, 0.2) is 23.3 Å². The van der Waals surface area contributed by atoms with Gasteiger partial charge in [-0.2, -0.15) is 0 Å². The highest BCUT2D eigenvalue weighted by Gasteiger charge is 2.54. The lowest BCUT2D eigenvalue weighted by Crippen LogP contribution is -2.65. The summed E-state index contributed by atoms with van der Waals surface area (Å²) in [6.07, 6.45) is -37.2. The van der Waals surface area contributed by atoms with Gasteiger partial charge in [-0.3, -0.25) is 33.6 Å². The van der Waals surface area contributed by atoms with E-state index in [9.17, 15) is 89.7 Å². The van der Waals surface area contributed by atoms with Crippen molar-refractivity contribution in [2.75, 3.05) is 38.6 Å². The molecule has 17 unspecified atom stereocenters. The van der Waals surface area contributed by atoms with Crippen LogP contribution in [0.4, 0.5) is 10.6 Å². The second-order valence-electron chi connectivity index (χ2n) is 24.7. The van der Waals surface area contributed by atoms with Gasteiger partial charge in [0.15, 0.2) is 37.3 Å². The summed E-state index contributed by atoms with van der Waals surface area (Å²) in [5.41, 5.74) is 38.9. The molecule has 3 aliphatic rings. The van der Waals surface area contributed by atoms with Crippen molar-refractivity contribution in [2.24, 2.45) is 34.4 Å². The molecule has 0 spiro atoms. The van der Waals surface area contributed by atoms with Crippen LogP contribution in [0.25, 0.3) is 10.7 Å². The Morgan fingerprint density at radius 2 is 1.42 bits per heavy atom. The zero-order valence-electron chi connectivity index (χ0n) is 56.5. The quantitative estimate of drug-likeness (QED) is 0.0148. The van der Waals surface area contributed by atoms with Crippen molar-refractivity contribution < 1.29 is 128 Å². The number of rotatable bonds is 36. The highest BCUT2D eigenvalue weighted by Crippen LogP contribution is 2.36. The lowest BCUT2D eigenvalue weighted by molar-refractivity contribution is -0.372. The van der Waals surface area contributed by atoms with Crippen LogP contribution in [0.1, 0.15) is 101 Å². The molecule has 0 saturated carbocycles. The Hall–Kier alpha value is -7.93.